The molecular formula is C95H126BrCl2F3N24O8. The van der Waals surface area contributed by atoms with E-state index in [1.807, 2.05) is 90.8 Å². The van der Waals surface area contributed by atoms with Crippen LogP contribution in [0.15, 0.2) is 143 Å². The highest BCUT2D eigenvalue weighted by molar-refractivity contribution is 9.10. The number of ether oxygens (including phenoxy) is 1. The van der Waals surface area contributed by atoms with Crippen LogP contribution in [0.3, 0.4) is 0 Å². The van der Waals surface area contributed by atoms with Crippen molar-refractivity contribution in [2.45, 2.75) is 289 Å². The SMILES string of the molecule is C=Cc1cnc2[nH]c(=O)n(C(CC)CC)c2c1.CCC(CC)n1c(=O)[nH]c2nc(C)c(C)cc21.CCC(CC)n1c(=O)[nH]c2ncc(Br)cc21.CCC(CC)n1c(=O)[nH]c2ncc(C(F)(F)F)cc21.CCC(CC)n1c(=O)[nH]c2ncc(C)cc21.CCC(CC)n1c(=O)[nH]c2ncc(Cl)cc21.CCC(CC)n1c(=O)[nH]c2ncccc21.CCC(CC)n1c(OC)nc2ncc(Cl)cc21. The predicted molar refractivity (Wildman–Crippen MR) is 531 cm³/mol. The fraction of sp³-hybridized carbons (Fsp3) is 0.474. The third-order valence-corrected chi connectivity index (χ3v) is 25.1. The van der Waals surface area contributed by atoms with E-state index >= 15 is 0 Å². The Hall–Kier alpha value is -12.1. The minimum absolute atomic E-state index is 0.0498. The number of nitrogens with zero attached hydrogens (tertiary/aromatic N) is 17. The lowest BCUT2D eigenvalue weighted by Crippen LogP contribution is -2.21. The number of alkyl halides is 3. The van der Waals surface area contributed by atoms with Gasteiger partial charge in [-0.05, 0) is 211 Å². The van der Waals surface area contributed by atoms with Crippen LogP contribution in [0.4, 0.5) is 13.2 Å². The second-order valence-electron chi connectivity index (χ2n) is 32.3. The molecule has 7 N–H and O–H groups in total. The molecule has 38 heteroatoms. The van der Waals surface area contributed by atoms with E-state index in [9.17, 15) is 46.7 Å². The molecule has 133 heavy (non-hydrogen) atoms. The quantitative estimate of drug-likeness (QED) is 0.0265. The molecule has 0 unspecified atom stereocenters. The molecule has 0 aliphatic carbocycles. The van der Waals surface area contributed by atoms with Gasteiger partial charge in [-0.2, -0.15) is 18.2 Å². The molecule has 0 atom stereocenters. The summed E-state index contributed by atoms with van der Waals surface area (Å²) in [4.78, 5) is 140. The number of imidazole rings is 8. The Labute approximate surface area is 786 Å². The summed E-state index contributed by atoms with van der Waals surface area (Å²) in [6.45, 7) is 42.9. The summed E-state index contributed by atoms with van der Waals surface area (Å²) in [6, 6.07) is 18.6. The number of aromatic nitrogens is 24. The van der Waals surface area contributed by atoms with Crippen LogP contribution in [-0.4, -0.2) is 123 Å². The summed E-state index contributed by atoms with van der Waals surface area (Å²) in [6.07, 6.45) is 22.7. The van der Waals surface area contributed by atoms with E-state index in [2.05, 4.69) is 204 Å². The Kier molecular flexibility index (Phi) is 37.8. The van der Waals surface area contributed by atoms with Gasteiger partial charge in [0.15, 0.2) is 45.2 Å². The molecule has 0 bridgehead atoms. The average molecular weight is 1940 g/mol. The number of nitrogens with one attached hydrogen (secondary N) is 7. The van der Waals surface area contributed by atoms with E-state index in [1.165, 1.54) is 10.8 Å². The molecule has 0 saturated heterocycles. The highest BCUT2D eigenvalue weighted by Gasteiger charge is 2.33. The zero-order valence-electron chi connectivity index (χ0n) is 79.6. The molecule has 16 rings (SSSR count). The molecule has 32 nitrogen and oxygen atoms in total. The van der Waals surface area contributed by atoms with Crippen LogP contribution in [0.1, 0.15) is 290 Å². The molecule has 0 saturated carbocycles. The van der Waals surface area contributed by atoms with Gasteiger partial charge in [0.1, 0.15) is 0 Å². The van der Waals surface area contributed by atoms with Crippen LogP contribution >= 0.6 is 39.1 Å². The van der Waals surface area contributed by atoms with Crippen LogP contribution < -0.4 is 44.6 Å². The lowest BCUT2D eigenvalue weighted by Gasteiger charge is -2.17. The maximum atomic E-state index is 12.7. The number of halogens is 6. The summed E-state index contributed by atoms with van der Waals surface area (Å²) < 4.78 is 58.5. The van der Waals surface area contributed by atoms with E-state index in [4.69, 9.17) is 27.9 Å². The summed E-state index contributed by atoms with van der Waals surface area (Å²) in [5, 5.41) is 1.17. The van der Waals surface area contributed by atoms with E-state index in [1.54, 1.807) is 63.9 Å². The first kappa shape index (κ1) is 105. The van der Waals surface area contributed by atoms with Gasteiger partial charge in [0.2, 0.25) is 0 Å². The molecule has 16 heterocycles. The number of H-pyrrole nitrogens is 7. The first-order valence-corrected chi connectivity index (χ1v) is 47.4. The second-order valence-corrected chi connectivity index (χ2v) is 34.1. The number of rotatable bonds is 26. The Bertz CT molecular complexity index is 6760. The highest BCUT2D eigenvalue weighted by Crippen LogP contribution is 2.34. The van der Waals surface area contributed by atoms with Gasteiger partial charge in [-0.25, -0.2) is 73.4 Å². The molecule has 0 amide bonds. The third kappa shape index (κ3) is 24.1. The predicted octanol–water partition coefficient (Wildman–Crippen LogP) is 22.1. The zero-order valence-corrected chi connectivity index (χ0v) is 82.7. The first-order chi connectivity index (χ1) is 63.7. The molecular weight excluding hydrogens is 1810 g/mol. The minimum Gasteiger partial charge on any atom is -0.468 e. The van der Waals surface area contributed by atoms with Crippen molar-refractivity contribution < 1.29 is 17.9 Å². The smallest absolute Gasteiger partial charge is 0.417 e. The molecule has 0 spiro atoms. The van der Waals surface area contributed by atoms with Crippen molar-refractivity contribution in [2.75, 3.05) is 7.11 Å². The molecule has 0 aliphatic rings. The van der Waals surface area contributed by atoms with Crippen molar-refractivity contribution in [1.29, 1.82) is 0 Å². The number of methoxy groups -OCH3 is 1. The molecule has 16 aromatic heterocycles. The standard InChI is InChI=1S/C13H19N3O.C13H17N3O.C12H16ClN3O.C12H14F3N3O.C12H17N3O.C11H14BrN3O.C11H14ClN3O.C11H15N3O/c1-5-10(6-2)16-11-7-8(3)9(4)14-12(11)15-13(16)17;1-4-9-7-11-12(14-8-9)15-13(17)16(11)10(5-2)6-3;1-4-9(5-2)16-10-6-8(13)7-14-11(10)15-12(16)17-3;1-3-8(4-2)18-9-5-7(12(13,14)15)6-16-10(9)17-11(18)19;1-4-9(5-2)15-10-6-8(3)7-13-11(10)14-12(15)16;2*1-3-8(4-2)15-9-5-7(12)6-13-10(9)14-11(15)16;1-3-8(4-2)14-9-6-5-7-12-10(9)13-11(14)15/h7,10H,5-6H2,1-4H3,(H,14,15,17);4,7-8,10H,1,5-6H2,2-3H3,(H,14,15,17);6-7,9H,4-5H2,1-3H3;5-6,8H,3-4H2,1-2H3,(H,16,17,19);6-7,9H,4-5H2,1-3H3,(H,13,14,16);2*5-6,8H,3-4H2,1-2H3,(H,13,14,16);5-8H,3-4H2,1-2H3,(H,12,13,15). The van der Waals surface area contributed by atoms with Gasteiger partial charge in [-0.1, -0.05) is 147 Å². The van der Waals surface area contributed by atoms with Crippen molar-refractivity contribution in [3.05, 3.63) is 220 Å². The number of fused-ring (bicyclic) bond motifs is 8. The average Bonchev–Trinajstić information content (AvgIpc) is 1.64. The molecule has 0 fully saturated rings. The maximum Gasteiger partial charge on any atom is 0.417 e. The van der Waals surface area contributed by atoms with Crippen LogP contribution in [0.2, 0.25) is 10.0 Å². The summed E-state index contributed by atoms with van der Waals surface area (Å²) in [7, 11) is 1.63. The van der Waals surface area contributed by atoms with Gasteiger partial charge in [0, 0.05) is 102 Å². The number of hydrogen-bond donors (Lipinski definition) is 7. The van der Waals surface area contributed by atoms with Gasteiger partial charge in [0.05, 0.1) is 66.9 Å². The Balaban J connectivity index is 0.000000171. The minimum atomic E-state index is -4.47. The summed E-state index contributed by atoms with van der Waals surface area (Å²) in [5.41, 5.74) is 13.6. The van der Waals surface area contributed by atoms with Crippen LogP contribution in [0, 0.1) is 20.8 Å². The Morgan fingerprint density at radius 3 is 1.09 bits per heavy atom. The van der Waals surface area contributed by atoms with Crippen LogP contribution in [-0.2, 0) is 6.18 Å². The fourth-order valence-corrected chi connectivity index (χ4v) is 17.4. The molecule has 716 valence electrons. The third-order valence-electron chi connectivity index (χ3n) is 24.3. The Morgan fingerprint density at radius 2 is 0.692 bits per heavy atom. The van der Waals surface area contributed by atoms with Gasteiger partial charge < -0.3 is 4.74 Å². The molecule has 0 aromatic carbocycles. The van der Waals surface area contributed by atoms with Gasteiger partial charge in [-0.15, -0.1) is 0 Å². The van der Waals surface area contributed by atoms with Crippen LogP contribution in [0.25, 0.3) is 95.4 Å². The van der Waals surface area contributed by atoms with Crippen molar-refractivity contribution in [3.63, 3.8) is 0 Å². The number of aryl methyl sites for hydroxylation is 3. The topological polar surface area (TPSA) is 395 Å². The van der Waals surface area contributed by atoms with Crippen LogP contribution in [0.5, 0.6) is 6.01 Å². The molecule has 0 aliphatic heterocycles. The van der Waals surface area contributed by atoms with E-state index < -0.39 is 17.4 Å². The van der Waals surface area contributed by atoms with Gasteiger partial charge >= 0.3 is 46.0 Å². The summed E-state index contributed by atoms with van der Waals surface area (Å²) >= 11 is 15.3. The number of pyridine rings is 8. The highest BCUT2D eigenvalue weighted by atomic mass is 79.9. The first-order valence-electron chi connectivity index (χ1n) is 45.9. The van der Waals surface area contributed by atoms with Crippen molar-refractivity contribution in [3.8, 4) is 6.01 Å². The second kappa shape index (κ2) is 48.0. The van der Waals surface area contributed by atoms with Gasteiger partial charge in [-0.3, -0.25) is 71.4 Å². The molecule has 16 aromatic rings. The lowest BCUT2D eigenvalue weighted by molar-refractivity contribution is -0.137. The largest absolute Gasteiger partial charge is 0.468 e. The van der Waals surface area contributed by atoms with Crippen molar-refractivity contribution in [1.82, 2.24) is 116 Å². The monoisotopic (exact) mass is 1940 g/mol. The molecule has 0 radical (unpaired) electrons. The number of hydrogen-bond acceptors (Lipinski definition) is 17. The van der Waals surface area contributed by atoms with Crippen molar-refractivity contribution in [2.24, 2.45) is 0 Å². The van der Waals surface area contributed by atoms with E-state index in [0.29, 0.717) is 74.5 Å². The summed E-state index contributed by atoms with van der Waals surface area (Å²) in [5.74, 6) is 0. The normalized spacial score (nSPS) is 11.6. The fourth-order valence-electron chi connectivity index (χ4n) is 16.7. The Morgan fingerprint density at radius 1 is 0.376 bits per heavy atom. The van der Waals surface area contributed by atoms with E-state index in [-0.39, 0.29) is 87.6 Å². The van der Waals surface area contributed by atoms with Crippen molar-refractivity contribution >= 4 is 135 Å². The van der Waals surface area contributed by atoms with Gasteiger partial charge in [0.25, 0.3) is 6.01 Å². The number of aromatic amines is 7. The zero-order chi connectivity index (χ0) is 97.6. The lowest BCUT2D eigenvalue weighted by atomic mass is 10.1. The van der Waals surface area contributed by atoms with E-state index in [0.717, 1.165) is 168 Å². The maximum absolute atomic E-state index is 12.7.